The fourth-order valence-corrected chi connectivity index (χ4v) is 2.04. The summed E-state index contributed by atoms with van der Waals surface area (Å²) in [5.41, 5.74) is 2.24. The minimum atomic E-state index is -3.33. The second-order valence-electron chi connectivity index (χ2n) is 3.05. The van der Waals surface area contributed by atoms with Gasteiger partial charge in [-0.2, -0.15) is 0 Å². The molecule has 0 aliphatic heterocycles. The number of benzene rings is 1. The summed E-state index contributed by atoms with van der Waals surface area (Å²) in [6.45, 7) is 0. The highest BCUT2D eigenvalue weighted by atomic mass is 35.5. The number of hydroxylamine groups is 1. The summed E-state index contributed by atoms with van der Waals surface area (Å²) in [5.74, 6) is -0.535. The summed E-state index contributed by atoms with van der Waals surface area (Å²) >= 11 is 5.79. The van der Waals surface area contributed by atoms with E-state index in [1.807, 2.05) is 0 Å². The minimum Gasteiger partial charge on any atom is -0.277 e. The largest absolute Gasteiger partial charge is 0.277 e. The van der Waals surface area contributed by atoms with Crippen molar-refractivity contribution in [3.05, 3.63) is 28.8 Å². The Balaban J connectivity index is 3.15. The molecule has 16 heavy (non-hydrogen) atoms. The van der Waals surface area contributed by atoms with Crippen molar-refractivity contribution >= 4 is 27.3 Å². The molecule has 0 aliphatic rings. The molecule has 0 aromatic heterocycles. The zero-order valence-electron chi connectivity index (χ0n) is 8.65. The molecule has 0 bridgehead atoms. The third kappa shape index (κ3) is 2.94. The lowest BCUT2D eigenvalue weighted by atomic mass is 10.2. The molecular weight excluding hydrogens is 254 g/mol. The van der Waals surface area contributed by atoms with Crippen molar-refractivity contribution in [1.29, 1.82) is 0 Å². The van der Waals surface area contributed by atoms with Gasteiger partial charge in [0.1, 0.15) is 0 Å². The van der Waals surface area contributed by atoms with Crippen molar-refractivity contribution in [3.63, 3.8) is 0 Å². The van der Waals surface area contributed by atoms with Crippen molar-refractivity contribution in [3.8, 4) is 0 Å². The van der Waals surface area contributed by atoms with Crippen LogP contribution < -0.4 is 5.48 Å². The molecule has 0 unspecified atom stereocenters. The number of hydrogen-bond donors (Lipinski definition) is 1. The fourth-order valence-electron chi connectivity index (χ4n) is 1.06. The predicted octanol–water partition coefficient (Wildman–Crippen LogP) is 1.03. The van der Waals surface area contributed by atoms with Crippen molar-refractivity contribution in [2.75, 3.05) is 13.4 Å². The van der Waals surface area contributed by atoms with Gasteiger partial charge in [0.25, 0.3) is 5.91 Å². The first-order chi connectivity index (χ1) is 7.36. The van der Waals surface area contributed by atoms with Crippen molar-refractivity contribution in [2.24, 2.45) is 0 Å². The second-order valence-corrected chi connectivity index (χ2v) is 5.47. The topological polar surface area (TPSA) is 72.5 Å². The molecule has 0 radical (unpaired) electrons. The quantitative estimate of drug-likeness (QED) is 0.827. The number of sulfone groups is 1. The Hall–Kier alpha value is -1.11. The van der Waals surface area contributed by atoms with Gasteiger partial charge in [-0.25, -0.2) is 13.9 Å². The van der Waals surface area contributed by atoms with E-state index in [2.05, 4.69) is 10.3 Å². The molecule has 7 heteroatoms. The van der Waals surface area contributed by atoms with E-state index >= 15 is 0 Å². The molecule has 1 aromatic rings. The predicted molar refractivity (Wildman–Crippen MR) is 59.0 cm³/mol. The molecule has 1 rings (SSSR count). The van der Waals surface area contributed by atoms with Crippen LogP contribution in [0.2, 0.25) is 5.02 Å². The zero-order chi connectivity index (χ0) is 12.3. The van der Waals surface area contributed by atoms with E-state index in [-0.39, 0.29) is 15.5 Å². The van der Waals surface area contributed by atoms with E-state index in [1.165, 1.54) is 25.3 Å². The van der Waals surface area contributed by atoms with E-state index < -0.39 is 15.7 Å². The monoisotopic (exact) mass is 263 g/mol. The Bertz CT molecular complexity index is 512. The van der Waals surface area contributed by atoms with E-state index in [4.69, 9.17) is 11.6 Å². The molecule has 1 aromatic carbocycles. The number of nitrogens with one attached hydrogen (secondary N) is 1. The highest BCUT2D eigenvalue weighted by Crippen LogP contribution is 2.20. The Kier molecular flexibility index (Phi) is 3.90. The van der Waals surface area contributed by atoms with Gasteiger partial charge in [0.15, 0.2) is 9.84 Å². The number of amides is 1. The van der Waals surface area contributed by atoms with E-state index in [0.29, 0.717) is 0 Å². The van der Waals surface area contributed by atoms with Crippen LogP contribution in [-0.4, -0.2) is 27.7 Å². The Morgan fingerprint density at radius 1 is 1.44 bits per heavy atom. The molecule has 0 aliphatic carbocycles. The van der Waals surface area contributed by atoms with Gasteiger partial charge in [-0.05, 0) is 18.2 Å². The highest BCUT2D eigenvalue weighted by Gasteiger charge is 2.14. The molecule has 1 N–H and O–H groups in total. The Morgan fingerprint density at radius 3 is 2.50 bits per heavy atom. The Labute approximate surface area is 98.2 Å². The average molecular weight is 264 g/mol. The minimum absolute atomic E-state index is 0.0532. The van der Waals surface area contributed by atoms with Gasteiger partial charge in [-0.3, -0.25) is 9.63 Å². The summed E-state index contributed by atoms with van der Waals surface area (Å²) in [5, 5.41) is 0.0532. The molecule has 0 spiro atoms. The van der Waals surface area contributed by atoms with Gasteiger partial charge < -0.3 is 0 Å². The van der Waals surface area contributed by atoms with E-state index in [1.54, 1.807) is 0 Å². The molecule has 5 nitrogen and oxygen atoms in total. The summed E-state index contributed by atoms with van der Waals surface area (Å²) in [6, 6.07) is 3.86. The standard InChI is InChI=1S/C9H10ClNO4S/c1-15-11-9(12)7-4-3-6(5-8(7)10)16(2,13)14/h3-5H,1-2H3,(H,11,12). The van der Waals surface area contributed by atoms with E-state index in [0.717, 1.165) is 6.26 Å². The van der Waals surface area contributed by atoms with Crippen LogP contribution in [0.15, 0.2) is 23.1 Å². The molecule has 1 amide bonds. The number of carbonyl (C=O) groups excluding carboxylic acids is 1. The van der Waals surface area contributed by atoms with Crippen LogP contribution in [0, 0.1) is 0 Å². The summed E-state index contributed by atoms with van der Waals surface area (Å²) in [4.78, 5) is 15.9. The van der Waals surface area contributed by atoms with Crippen LogP contribution in [0.4, 0.5) is 0 Å². The normalized spacial score (nSPS) is 11.2. The van der Waals surface area contributed by atoms with Gasteiger partial charge in [0, 0.05) is 6.26 Å². The van der Waals surface area contributed by atoms with Crippen molar-refractivity contribution in [1.82, 2.24) is 5.48 Å². The first-order valence-corrected chi connectivity index (χ1v) is 6.46. The lowest BCUT2D eigenvalue weighted by Gasteiger charge is -2.05. The highest BCUT2D eigenvalue weighted by molar-refractivity contribution is 7.90. The van der Waals surface area contributed by atoms with Gasteiger partial charge in [-0.15, -0.1) is 0 Å². The first-order valence-electron chi connectivity index (χ1n) is 4.19. The number of rotatable bonds is 3. The van der Waals surface area contributed by atoms with Gasteiger partial charge in [-0.1, -0.05) is 11.6 Å². The molecule has 0 saturated carbocycles. The maximum atomic E-state index is 11.4. The first kappa shape index (κ1) is 13.0. The lowest BCUT2D eigenvalue weighted by Crippen LogP contribution is -2.22. The zero-order valence-corrected chi connectivity index (χ0v) is 10.2. The maximum absolute atomic E-state index is 11.4. The van der Waals surface area contributed by atoms with Gasteiger partial charge in [0.2, 0.25) is 0 Å². The van der Waals surface area contributed by atoms with Crippen LogP contribution in [0.1, 0.15) is 10.4 Å². The van der Waals surface area contributed by atoms with Crippen LogP contribution in [0.3, 0.4) is 0 Å². The third-order valence-electron chi connectivity index (χ3n) is 1.81. The number of halogens is 1. The summed E-state index contributed by atoms with van der Waals surface area (Å²) in [6.07, 6.45) is 1.06. The number of hydrogen-bond acceptors (Lipinski definition) is 4. The number of carbonyl (C=O) groups is 1. The van der Waals surface area contributed by atoms with Gasteiger partial charge in [0.05, 0.1) is 22.6 Å². The average Bonchev–Trinajstić information content (AvgIpc) is 2.16. The van der Waals surface area contributed by atoms with Crippen molar-refractivity contribution in [2.45, 2.75) is 4.90 Å². The third-order valence-corrected chi connectivity index (χ3v) is 3.23. The van der Waals surface area contributed by atoms with Gasteiger partial charge >= 0.3 is 0 Å². The molecule has 88 valence electrons. The van der Waals surface area contributed by atoms with Crippen LogP contribution in [-0.2, 0) is 14.7 Å². The SMILES string of the molecule is CONC(=O)c1ccc(S(C)(=O)=O)cc1Cl. The smallest absolute Gasteiger partial charge is 0.276 e. The molecule has 0 saturated heterocycles. The summed E-state index contributed by atoms with van der Waals surface area (Å²) in [7, 11) is -2.04. The maximum Gasteiger partial charge on any atom is 0.276 e. The molecule has 0 atom stereocenters. The van der Waals surface area contributed by atoms with E-state index in [9.17, 15) is 13.2 Å². The lowest BCUT2D eigenvalue weighted by molar-refractivity contribution is 0.0537. The molecular formula is C9H10ClNO4S. The summed E-state index contributed by atoms with van der Waals surface area (Å²) < 4.78 is 22.4. The Morgan fingerprint density at radius 2 is 2.06 bits per heavy atom. The molecule has 0 fully saturated rings. The van der Waals surface area contributed by atoms with Crippen LogP contribution >= 0.6 is 11.6 Å². The fraction of sp³-hybridized carbons (Fsp3) is 0.222. The van der Waals surface area contributed by atoms with Crippen LogP contribution in [0.5, 0.6) is 0 Å². The van der Waals surface area contributed by atoms with Crippen molar-refractivity contribution < 1.29 is 18.0 Å². The molecule has 0 heterocycles. The van der Waals surface area contributed by atoms with Crippen LogP contribution in [0.25, 0.3) is 0 Å². The second kappa shape index (κ2) is 4.82.